The molecule has 0 spiro atoms. The molecule has 0 bridgehead atoms. The van der Waals surface area contributed by atoms with Crippen molar-refractivity contribution in [1.82, 2.24) is 0 Å². The van der Waals surface area contributed by atoms with Crippen molar-refractivity contribution >= 4 is 16.8 Å². The average molecular weight is 331 g/mol. The molecule has 2 saturated carbocycles. The maximum Gasteiger partial charge on any atom is -0.00546 e. The van der Waals surface area contributed by atoms with Crippen LogP contribution in [0.25, 0.3) is 16.8 Å². The first kappa shape index (κ1) is 15.7. The largest absolute Gasteiger partial charge is 0.0621 e. The van der Waals surface area contributed by atoms with E-state index in [0.717, 1.165) is 11.8 Å². The van der Waals surface area contributed by atoms with Crippen LogP contribution in [0.15, 0.2) is 35.9 Å². The van der Waals surface area contributed by atoms with Gasteiger partial charge in [0.25, 0.3) is 0 Å². The highest BCUT2D eigenvalue weighted by Crippen LogP contribution is 2.41. The van der Waals surface area contributed by atoms with Crippen molar-refractivity contribution in [2.75, 3.05) is 0 Å². The molecule has 5 rings (SSSR count). The Balaban J connectivity index is 1.58. The SMILES string of the molecule is C1=C(C2CCCCC2)Cc2cccc3cc(C4CCCCC4)cc1c23. The van der Waals surface area contributed by atoms with Crippen LogP contribution in [0.2, 0.25) is 0 Å². The van der Waals surface area contributed by atoms with Crippen LogP contribution in [0.4, 0.5) is 0 Å². The van der Waals surface area contributed by atoms with Gasteiger partial charge in [0.15, 0.2) is 0 Å². The maximum atomic E-state index is 2.59. The van der Waals surface area contributed by atoms with E-state index in [9.17, 15) is 0 Å². The van der Waals surface area contributed by atoms with E-state index in [-0.39, 0.29) is 0 Å². The molecule has 0 nitrogen and oxygen atoms in total. The average Bonchev–Trinajstić information content (AvgIpc) is 2.69. The summed E-state index contributed by atoms with van der Waals surface area (Å²) in [5.74, 6) is 1.64. The fraction of sp³-hybridized carbons (Fsp3) is 0.520. The van der Waals surface area contributed by atoms with Gasteiger partial charge in [-0.1, -0.05) is 80.5 Å². The van der Waals surface area contributed by atoms with E-state index in [4.69, 9.17) is 0 Å². The van der Waals surface area contributed by atoms with Gasteiger partial charge >= 0.3 is 0 Å². The van der Waals surface area contributed by atoms with Gasteiger partial charge in [-0.3, -0.25) is 0 Å². The van der Waals surface area contributed by atoms with Gasteiger partial charge in [-0.2, -0.15) is 0 Å². The molecule has 25 heavy (non-hydrogen) atoms. The zero-order valence-corrected chi connectivity index (χ0v) is 15.4. The molecule has 0 heterocycles. The van der Waals surface area contributed by atoms with Gasteiger partial charge in [0, 0.05) is 0 Å². The van der Waals surface area contributed by atoms with E-state index in [1.807, 2.05) is 0 Å². The molecule has 3 aliphatic carbocycles. The molecule has 0 aromatic heterocycles. The Morgan fingerprint density at radius 3 is 2.20 bits per heavy atom. The zero-order chi connectivity index (χ0) is 16.6. The monoisotopic (exact) mass is 330 g/mol. The molecule has 0 radical (unpaired) electrons. The molecule has 0 amide bonds. The third-order valence-corrected chi connectivity index (χ3v) is 7.06. The molecule has 0 aliphatic heterocycles. The summed E-state index contributed by atoms with van der Waals surface area (Å²) in [6, 6.07) is 12.1. The number of rotatable bonds is 2. The van der Waals surface area contributed by atoms with Gasteiger partial charge in [-0.05, 0) is 71.4 Å². The van der Waals surface area contributed by atoms with Crippen LogP contribution in [0, 0.1) is 5.92 Å². The second kappa shape index (κ2) is 6.63. The third kappa shape index (κ3) is 2.94. The summed E-state index contributed by atoms with van der Waals surface area (Å²) in [7, 11) is 0. The van der Waals surface area contributed by atoms with Crippen molar-refractivity contribution in [1.29, 1.82) is 0 Å². The maximum absolute atomic E-state index is 2.59. The van der Waals surface area contributed by atoms with Crippen molar-refractivity contribution in [3.05, 3.63) is 52.6 Å². The lowest BCUT2D eigenvalue weighted by Gasteiger charge is -2.29. The van der Waals surface area contributed by atoms with E-state index in [0.29, 0.717) is 0 Å². The predicted molar refractivity (Wildman–Crippen MR) is 108 cm³/mol. The Morgan fingerprint density at radius 1 is 0.720 bits per heavy atom. The Morgan fingerprint density at radius 2 is 1.44 bits per heavy atom. The highest BCUT2D eigenvalue weighted by molar-refractivity contribution is 5.96. The first-order valence-corrected chi connectivity index (χ1v) is 10.6. The van der Waals surface area contributed by atoms with Gasteiger partial charge < -0.3 is 0 Å². The zero-order valence-electron chi connectivity index (χ0n) is 15.4. The van der Waals surface area contributed by atoms with Gasteiger partial charge in [0.05, 0.1) is 0 Å². The minimum Gasteiger partial charge on any atom is -0.0621 e. The topological polar surface area (TPSA) is 0 Å². The van der Waals surface area contributed by atoms with Crippen molar-refractivity contribution < 1.29 is 0 Å². The predicted octanol–water partition coefficient (Wildman–Crippen LogP) is 7.41. The van der Waals surface area contributed by atoms with Gasteiger partial charge in [0.2, 0.25) is 0 Å². The van der Waals surface area contributed by atoms with E-state index >= 15 is 0 Å². The van der Waals surface area contributed by atoms with Crippen LogP contribution >= 0.6 is 0 Å². The summed E-state index contributed by atoms with van der Waals surface area (Å²) in [5, 5.41) is 3.02. The molecule has 2 fully saturated rings. The van der Waals surface area contributed by atoms with E-state index < -0.39 is 0 Å². The molecule has 130 valence electrons. The quantitative estimate of drug-likeness (QED) is 0.538. The summed E-state index contributed by atoms with van der Waals surface area (Å²) < 4.78 is 0. The Bertz CT molecular complexity index is 798. The molecule has 0 unspecified atom stereocenters. The van der Waals surface area contributed by atoms with Gasteiger partial charge in [-0.15, -0.1) is 0 Å². The standard InChI is InChI=1S/C25H30/c1-3-8-18(9-4-1)22-14-20-12-7-13-21-15-23(17-24(16-22)25(20)21)19-10-5-2-6-11-19/h7,12-14,16-19H,1-6,8-11,15H2. The Kier molecular flexibility index (Phi) is 4.16. The Hall–Kier alpha value is -1.56. The van der Waals surface area contributed by atoms with E-state index in [1.54, 1.807) is 22.1 Å². The van der Waals surface area contributed by atoms with Crippen LogP contribution in [0.3, 0.4) is 0 Å². The highest BCUT2D eigenvalue weighted by atomic mass is 14.3. The summed E-state index contributed by atoms with van der Waals surface area (Å²) in [6.45, 7) is 0. The van der Waals surface area contributed by atoms with E-state index in [2.05, 4.69) is 36.4 Å². The van der Waals surface area contributed by atoms with Crippen LogP contribution < -0.4 is 0 Å². The summed E-state index contributed by atoms with van der Waals surface area (Å²) in [6.07, 6.45) is 18.0. The molecule has 2 aromatic rings. The number of hydrogen-bond acceptors (Lipinski definition) is 0. The van der Waals surface area contributed by atoms with Crippen LogP contribution in [-0.2, 0) is 6.42 Å². The molecule has 2 aromatic carbocycles. The normalized spacial score (nSPS) is 22.2. The summed E-state index contributed by atoms with van der Waals surface area (Å²) in [4.78, 5) is 0. The fourth-order valence-corrected chi connectivity index (χ4v) is 5.70. The van der Waals surface area contributed by atoms with Gasteiger partial charge in [0.1, 0.15) is 0 Å². The van der Waals surface area contributed by atoms with E-state index in [1.165, 1.54) is 81.6 Å². The lowest BCUT2D eigenvalue weighted by Crippen LogP contribution is -2.13. The molecule has 0 N–H and O–H groups in total. The third-order valence-electron chi connectivity index (χ3n) is 7.06. The number of allylic oxidation sites excluding steroid dienone is 1. The number of hydrogen-bond donors (Lipinski definition) is 0. The van der Waals surface area contributed by atoms with Crippen LogP contribution in [0.5, 0.6) is 0 Å². The van der Waals surface area contributed by atoms with Crippen molar-refractivity contribution in [2.24, 2.45) is 5.92 Å². The summed E-state index contributed by atoms with van der Waals surface area (Å²) in [5.41, 5.74) is 6.44. The highest BCUT2D eigenvalue weighted by Gasteiger charge is 2.23. The molecule has 0 saturated heterocycles. The number of benzene rings is 2. The first-order chi connectivity index (χ1) is 12.4. The first-order valence-electron chi connectivity index (χ1n) is 10.6. The smallest absolute Gasteiger partial charge is 0.00546 e. The molecule has 0 atom stereocenters. The van der Waals surface area contributed by atoms with Crippen molar-refractivity contribution in [3.63, 3.8) is 0 Å². The fourth-order valence-electron chi connectivity index (χ4n) is 5.70. The van der Waals surface area contributed by atoms with Gasteiger partial charge in [-0.25, -0.2) is 0 Å². The minimum absolute atomic E-state index is 0.798. The lowest BCUT2D eigenvalue weighted by atomic mass is 9.76. The summed E-state index contributed by atoms with van der Waals surface area (Å²) >= 11 is 0. The second-order valence-electron chi connectivity index (χ2n) is 8.69. The lowest BCUT2D eigenvalue weighted by molar-refractivity contribution is 0.400. The van der Waals surface area contributed by atoms with Crippen molar-refractivity contribution in [2.45, 2.75) is 76.5 Å². The molecule has 0 heteroatoms. The Labute approximate surface area is 152 Å². The second-order valence-corrected chi connectivity index (χ2v) is 8.69. The minimum atomic E-state index is 0.798. The molecule has 3 aliphatic rings. The van der Waals surface area contributed by atoms with Crippen LogP contribution in [0.1, 0.15) is 86.8 Å². The molecular weight excluding hydrogens is 300 g/mol. The van der Waals surface area contributed by atoms with Crippen LogP contribution in [-0.4, -0.2) is 0 Å². The molecular formula is C25H30. The van der Waals surface area contributed by atoms with Crippen molar-refractivity contribution in [3.8, 4) is 0 Å².